The number of hydrogen-bond donors (Lipinski definition) is 1. The fourth-order valence-electron chi connectivity index (χ4n) is 2.78. The first kappa shape index (κ1) is 18.2. The second-order valence-electron chi connectivity index (χ2n) is 6.75. The molecule has 0 saturated carbocycles. The minimum atomic E-state index is 0.409. The molecule has 0 saturated heterocycles. The number of likely N-dealkylation sites (N-methyl/N-ethyl adjacent to an activating group) is 1. The minimum Gasteiger partial charge on any atom is -0.309 e. The van der Waals surface area contributed by atoms with Gasteiger partial charge in [0.15, 0.2) is 0 Å². The van der Waals surface area contributed by atoms with Crippen LogP contribution >= 0.6 is 0 Å². The number of nitrogens with one attached hydrogen (secondary N) is 1. The monoisotopic (exact) mass is 290 g/mol. The van der Waals surface area contributed by atoms with Gasteiger partial charge in [-0.1, -0.05) is 51.5 Å². The molecule has 1 rings (SSSR count). The molecule has 21 heavy (non-hydrogen) atoms. The van der Waals surface area contributed by atoms with Crippen LogP contribution in [0.4, 0.5) is 0 Å². The normalized spacial score (nSPS) is 14.7. The van der Waals surface area contributed by atoms with Crippen molar-refractivity contribution in [3.63, 3.8) is 0 Å². The number of rotatable bonds is 9. The molecule has 0 aliphatic rings. The lowest BCUT2D eigenvalue weighted by atomic mass is 10.0. The lowest BCUT2D eigenvalue weighted by Gasteiger charge is -2.29. The lowest BCUT2D eigenvalue weighted by Crippen LogP contribution is -2.42. The second kappa shape index (κ2) is 9.22. The van der Waals surface area contributed by atoms with Crippen LogP contribution in [0.5, 0.6) is 0 Å². The van der Waals surface area contributed by atoms with Gasteiger partial charge < -0.3 is 10.2 Å². The van der Waals surface area contributed by atoms with Crippen molar-refractivity contribution in [2.24, 2.45) is 5.92 Å². The first-order valence-electron chi connectivity index (χ1n) is 8.44. The Morgan fingerprint density at radius 2 is 1.67 bits per heavy atom. The predicted molar refractivity (Wildman–Crippen MR) is 93.8 cm³/mol. The van der Waals surface area contributed by atoms with Crippen molar-refractivity contribution in [3.8, 4) is 0 Å². The molecule has 1 aromatic carbocycles. The third-order valence-corrected chi connectivity index (χ3v) is 4.36. The van der Waals surface area contributed by atoms with Gasteiger partial charge in [0.25, 0.3) is 0 Å². The molecule has 0 radical (unpaired) electrons. The van der Waals surface area contributed by atoms with Crippen LogP contribution in [0.15, 0.2) is 24.3 Å². The fourth-order valence-corrected chi connectivity index (χ4v) is 2.78. The van der Waals surface area contributed by atoms with Gasteiger partial charge in [-0.2, -0.15) is 0 Å². The Balaban J connectivity index is 2.53. The van der Waals surface area contributed by atoms with Crippen LogP contribution in [-0.2, 0) is 6.42 Å². The van der Waals surface area contributed by atoms with Crippen molar-refractivity contribution < 1.29 is 0 Å². The van der Waals surface area contributed by atoms with Crippen molar-refractivity contribution in [3.05, 3.63) is 35.4 Å². The minimum absolute atomic E-state index is 0.409. The van der Waals surface area contributed by atoms with E-state index in [1.165, 1.54) is 30.4 Å². The van der Waals surface area contributed by atoms with Gasteiger partial charge in [0.05, 0.1) is 0 Å². The summed E-state index contributed by atoms with van der Waals surface area (Å²) in [5.74, 6) is 0.663. The molecular weight excluding hydrogens is 256 g/mol. The molecule has 2 unspecified atom stereocenters. The van der Waals surface area contributed by atoms with Crippen molar-refractivity contribution in [1.29, 1.82) is 0 Å². The number of unbranched alkanes of at least 4 members (excludes halogenated alkanes) is 1. The maximum atomic E-state index is 3.68. The highest BCUT2D eigenvalue weighted by Crippen LogP contribution is 2.16. The largest absolute Gasteiger partial charge is 0.309 e. The van der Waals surface area contributed by atoms with Crippen LogP contribution in [0.25, 0.3) is 0 Å². The van der Waals surface area contributed by atoms with Gasteiger partial charge in [0, 0.05) is 18.6 Å². The standard InChI is InChI=1S/C19H34N2/c1-7-8-9-17-10-12-18(13-11-17)16(4)20-14-19(15(2)3)21(5)6/h10-13,15-16,19-20H,7-9,14H2,1-6H3. The molecule has 2 atom stereocenters. The van der Waals surface area contributed by atoms with Crippen LogP contribution < -0.4 is 5.32 Å². The fraction of sp³-hybridized carbons (Fsp3) is 0.684. The average Bonchev–Trinajstić information content (AvgIpc) is 2.44. The van der Waals surface area contributed by atoms with Crippen molar-refractivity contribution in [2.75, 3.05) is 20.6 Å². The highest BCUT2D eigenvalue weighted by atomic mass is 15.1. The van der Waals surface area contributed by atoms with E-state index in [2.05, 4.69) is 76.3 Å². The first-order chi connectivity index (χ1) is 9.95. The topological polar surface area (TPSA) is 15.3 Å². The molecule has 2 nitrogen and oxygen atoms in total. The highest BCUT2D eigenvalue weighted by Gasteiger charge is 2.16. The van der Waals surface area contributed by atoms with Gasteiger partial charge in [0.2, 0.25) is 0 Å². The second-order valence-corrected chi connectivity index (χ2v) is 6.75. The van der Waals surface area contributed by atoms with E-state index < -0.39 is 0 Å². The molecule has 0 aliphatic heterocycles. The SMILES string of the molecule is CCCCc1ccc(C(C)NCC(C(C)C)N(C)C)cc1. The number of nitrogens with zero attached hydrogens (tertiary/aromatic N) is 1. The summed E-state index contributed by atoms with van der Waals surface area (Å²) in [6.45, 7) is 10.1. The maximum absolute atomic E-state index is 3.68. The summed E-state index contributed by atoms with van der Waals surface area (Å²) in [7, 11) is 4.33. The summed E-state index contributed by atoms with van der Waals surface area (Å²) < 4.78 is 0. The third kappa shape index (κ3) is 6.19. The van der Waals surface area contributed by atoms with E-state index in [4.69, 9.17) is 0 Å². The van der Waals surface area contributed by atoms with Crippen LogP contribution in [-0.4, -0.2) is 31.6 Å². The molecule has 2 heteroatoms. The number of benzene rings is 1. The molecule has 1 N–H and O–H groups in total. The summed E-state index contributed by atoms with van der Waals surface area (Å²) in [6, 6.07) is 10.1. The number of hydrogen-bond acceptors (Lipinski definition) is 2. The molecule has 1 aromatic rings. The quantitative estimate of drug-likeness (QED) is 0.731. The summed E-state index contributed by atoms with van der Waals surface area (Å²) in [5, 5.41) is 3.68. The Morgan fingerprint density at radius 3 is 2.14 bits per heavy atom. The zero-order valence-corrected chi connectivity index (χ0v) is 14.8. The van der Waals surface area contributed by atoms with E-state index >= 15 is 0 Å². The first-order valence-corrected chi connectivity index (χ1v) is 8.44. The van der Waals surface area contributed by atoms with Crippen molar-refractivity contribution in [1.82, 2.24) is 10.2 Å². The molecule has 120 valence electrons. The molecule has 0 aromatic heterocycles. The van der Waals surface area contributed by atoms with Gasteiger partial charge in [-0.15, -0.1) is 0 Å². The third-order valence-electron chi connectivity index (χ3n) is 4.36. The molecular formula is C19H34N2. The van der Waals surface area contributed by atoms with Crippen LogP contribution in [0.1, 0.15) is 57.7 Å². The highest BCUT2D eigenvalue weighted by molar-refractivity contribution is 5.24. The van der Waals surface area contributed by atoms with Gasteiger partial charge in [0.1, 0.15) is 0 Å². The Morgan fingerprint density at radius 1 is 1.05 bits per heavy atom. The van der Waals surface area contributed by atoms with Gasteiger partial charge in [-0.3, -0.25) is 0 Å². The smallest absolute Gasteiger partial charge is 0.0292 e. The Kier molecular flexibility index (Phi) is 7.98. The summed E-state index contributed by atoms with van der Waals surface area (Å²) >= 11 is 0. The Hall–Kier alpha value is -0.860. The van der Waals surface area contributed by atoms with E-state index in [9.17, 15) is 0 Å². The lowest BCUT2D eigenvalue weighted by molar-refractivity contribution is 0.220. The van der Waals surface area contributed by atoms with Crippen LogP contribution in [0.3, 0.4) is 0 Å². The van der Waals surface area contributed by atoms with Crippen molar-refractivity contribution >= 4 is 0 Å². The Bertz CT molecular complexity index is 373. The maximum Gasteiger partial charge on any atom is 0.0292 e. The van der Waals surface area contributed by atoms with Crippen LogP contribution in [0, 0.1) is 5.92 Å². The van der Waals surface area contributed by atoms with Gasteiger partial charge in [-0.05, 0) is 50.9 Å². The Labute approximate surface area is 131 Å². The average molecular weight is 290 g/mol. The molecule has 0 amide bonds. The van der Waals surface area contributed by atoms with E-state index in [-0.39, 0.29) is 0 Å². The zero-order valence-electron chi connectivity index (χ0n) is 14.8. The van der Waals surface area contributed by atoms with E-state index in [1.807, 2.05) is 0 Å². The van der Waals surface area contributed by atoms with Crippen molar-refractivity contribution in [2.45, 2.75) is 59.0 Å². The zero-order chi connectivity index (χ0) is 15.8. The molecule has 0 aliphatic carbocycles. The van der Waals surface area contributed by atoms with E-state index in [0.29, 0.717) is 18.0 Å². The van der Waals surface area contributed by atoms with Gasteiger partial charge >= 0.3 is 0 Å². The molecule has 0 spiro atoms. The van der Waals surface area contributed by atoms with Gasteiger partial charge in [-0.25, -0.2) is 0 Å². The van der Waals surface area contributed by atoms with E-state index in [1.54, 1.807) is 0 Å². The predicted octanol–water partition coefficient (Wildman–Crippen LogP) is 4.27. The molecule has 0 bridgehead atoms. The summed E-state index contributed by atoms with van der Waals surface area (Å²) in [6.07, 6.45) is 3.75. The number of aryl methyl sites for hydroxylation is 1. The summed E-state index contributed by atoms with van der Waals surface area (Å²) in [5.41, 5.74) is 2.85. The molecule has 0 heterocycles. The molecule has 0 fully saturated rings. The van der Waals surface area contributed by atoms with Crippen LogP contribution in [0.2, 0.25) is 0 Å². The van der Waals surface area contributed by atoms with E-state index in [0.717, 1.165) is 6.54 Å². The summed E-state index contributed by atoms with van der Waals surface area (Å²) in [4.78, 5) is 2.32.